The van der Waals surface area contributed by atoms with Gasteiger partial charge in [-0.2, -0.15) is 0 Å². The molecular formula is C10H18N2O3. The third kappa shape index (κ3) is 3.51. The Morgan fingerprint density at radius 3 is 2.47 bits per heavy atom. The molecule has 1 unspecified atom stereocenters. The van der Waals surface area contributed by atoms with Crippen LogP contribution in [0.2, 0.25) is 0 Å². The van der Waals surface area contributed by atoms with Crippen molar-refractivity contribution >= 4 is 11.8 Å². The molecule has 1 aliphatic heterocycles. The third-order valence-corrected chi connectivity index (χ3v) is 2.40. The third-order valence-electron chi connectivity index (χ3n) is 2.40. The smallest absolute Gasteiger partial charge is 0.242 e. The van der Waals surface area contributed by atoms with Gasteiger partial charge in [-0.25, -0.2) is 0 Å². The molecule has 1 heterocycles. The Kier molecular flexibility index (Phi) is 3.68. The molecule has 86 valence electrons. The second-order valence-electron chi connectivity index (χ2n) is 4.44. The summed E-state index contributed by atoms with van der Waals surface area (Å²) in [5, 5.41) is 5.33. The van der Waals surface area contributed by atoms with E-state index in [1.807, 2.05) is 0 Å². The number of carbonyl (C=O) groups excluding carboxylic acids is 2. The van der Waals surface area contributed by atoms with E-state index < -0.39 is 6.04 Å². The minimum atomic E-state index is -0.480. The van der Waals surface area contributed by atoms with Gasteiger partial charge in [0.1, 0.15) is 6.04 Å². The normalized spacial score (nSPS) is 19.9. The first-order chi connectivity index (χ1) is 6.93. The van der Waals surface area contributed by atoms with Crippen molar-refractivity contribution < 1.29 is 14.3 Å². The van der Waals surface area contributed by atoms with E-state index in [0.717, 1.165) is 0 Å². The summed E-state index contributed by atoms with van der Waals surface area (Å²) >= 11 is 0. The Bertz CT molecular complexity index is 261. The zero-order chi connectivity index (χ0) is 11.5. The summed E-state index contributed by atoms with van der Waals surface area (Å²) < 4.78 is 5.07. The summed E-state index contributed by atoms with van der Waals surface area (Å²) in [6, 6.07) is -0.480. The van der Waals surface area contributed by atoms with E-state index in [1.54, 1.807) is 6.92 Å². The molecule has 0 aromatic rings. The highest BCUT2D eigenvalue weighted by Crippen LogP contribution is 2.24. The maximum Gasteiger partial charge on any atom is 0.242 e. The summed E-state index contributed by atoms with van der Waals surface area (Å²) in [5.74, 6) is -0.353. The predicted molar refractivity (Wildman–Crippen MR) is 55.2 cm³/mol. The van der Waals surface area contributed by atoms with Gasteiger partial charge in [0.2, 0.25) is 11.8 Å². The van der Waals surface area contributed by atoms with E-state index in [1.165, 1.54) is 6.92 Å². The first-order valence-electron chi connectivity index (χ1n) is 5.05. The topological polar surface area (TPSA) is 67.4 Å². The number of ether oxygens (including phenoxy) is 1. The van der Waals surface area contributed by atoms with E-state index >= 15 is 0 Å². The SMILES string of the molecule is CC(=O)NC(C)C(=O)NCC1(C)COC1. The van der Waals surface area contributed by atoms with Crippen LogP contribution < -0.4 is 10.6 Å². The highest BCUT2D eigenvalue weighted by Gasteiger charge is 2.33. The van der Waals surface area contributed by atoms with Crippen LogP contribution in [0.4, 0.5) is 0 Å². The molecular weight excluding hydrogens is 196 g/mol. The van der Waals surface area contributed by atoms with Gasteiger partial charge in [-0.15, -0.1) is 0 Å². The van der Waals surface area contributed by atoms with Crippen molar-refractivity contribution in [1.82, 2.24) is 10.6 Å². The molecule has 1 aliphatic rings. The first-order valence-corrected chi connectivity index (χ1v) is 5.05. The number of carbonyl (C=O) groups is 2. The van der Waals surface area contributed by atoms with Gasteiger partial charge in [0.15, 0.2) is 0 Å². The van der Waals surface area contributed by atoms with Crippen molar-refractivity contribution in [2.24, 2.45) is 5.41 Å². The monoisotopic (exact) mass is 214 g/mol. The number of hydrogen-bond donors (Lipinski definition) is 2. The summed E-state index contributed by atoms with van der Waals surface area (Å²) in [5.41, 5.74) is 0.0611. The Morgan fingerprint density at radius 1 is 1.47 bits per heavy atom. The van der Waals surface area contributed by atoms with Gasteiger partial charge in [-0.3, -0.25) is 9.59 Å². The van der Waals surface area contributed by atoms with Gasteiger partial charge in [0.25, 0.3) is 0 Å². The highest BCUT2D eigenvalue weighted by molar-refractivity contribution is 5.86. The molecule has 2 amide bonds. The summed E-state index contributed by atoms with van der Waals surface area (Å²) in [7, 11) is 0. The van der Waals surface area contributed by atoms with Crippen LogP contribution in [0.1, 0.15) is 20.8 Å². The molecule has 1 atom stereocenters. The van der Waals surface area contributed by atoms with Crippen LogP contribution in [0.5, 0.6) is 0 Å². The predicted octanol–water partition coefficient (Wildman–Crippen LogP) is -0.336. The van der Waals surface area contributed by atoms with Crippen LogP contribution >= 0.6 is 0 Å². The zero-order valence-corrected chi connectivity index (χ0v) is 9.42. The maximum absolute atomic E-state index is 11.5. The number of hydrogen-bond acceptors (Lipinski definition) is 3. The van der Waals surface area contributed by atoms with Crippen LogP contribution in [0.25, 0.3) is 0 Å². The van der Waals surface area contributed by atoms with E-state index in [4.69, 9.17) is 4.74 Å². The molecule has 5 heteroatoms. The molecule has 5 nitrogen and oxygen atoms in total. The lowest BCUT2D eigenvalue weighted by Gasteiger charge is -2.38. The Balaban J connectivity index is 2.25. The summed E-state index contributed by atoms with van der Waals surface area (Å²) in [4.78, 5) is 22.2. The first kappa shape index (κ1) is 12.0. The average Bonchev–Trinajstić information content (AvgIpc) is 2.10. The lowest BCUT2D eigenvalue weighted by Crippen LogP contribution is -2.52. The maximum atomic E-state index is 11.5. The molecule has 0 aromatic heterocycles. The second kappa shape index (κ2) is 4.61. The molecule has 1 fully saturated rings. The van der Waals surface area contributed by atoms with Gasteiger partial charge < -0.3 is 15.4 Å². The fraction of sp³-hybridized carbons (Fsp3) is 0.800. The fourth-order valence-electron chi connectivity index (χ4n) is 1.38. The standard InChI is InChI=1S/C10H18N2O3/c1-7(12-8(2)13)9(14)11-4-10(3)5-15-6-10/h7H,4-6H2,1-3H3,(H,11,14)(H,12,13). The minimum absolute atomic E-state index is 0.0611. The van der Waals surface area contributed by atoms with Crippen molar-refractivity contribution in [2.75, 3.05) is 19.8 Å². The van der Waals surface area contributed by atoms with E-state index in [2.05, 4.69) is 17.6 Å². The van der Waals surface area contributed by atoms with Crippen LogP contribution in [0.15, 0.2) is 0 Å². The van der Waals surface area contributed by atoms with E-state index in [9.17, 15) is 9.59 Å². The van der Waals surface area contributed by atoms with Gasteiger partial charge in [0, 0.05) is 18.9 Å². The van der Waals surface area contributed by atoms with Crippen LogP contribution in [0, 0.1) is 5.41 Å². The zero-order valence-electron chi connectivity index (χ0n) is 9.42. The van der Waals surface area contributed by atoms with Gasteiger partial charge in [0.05, 0.1) is 13.2 Å². The van der Waals surface area contributed by atoms with Crippen LogP contribution in [-0.2, 0) is 14.3 Å². The van der Waals surface area contributed by atoms with Crippen LogP contribution in [0.3, 0.4) is 0 Å². The molecule has 1 rings (SSSR count). The average molecular weight is 214 g/mol. The lowest BCUT2D eigenvalue weighted by atomic mass is 9.89. The number of rotatable bonds is 4. The highest BCUT2D eigenvalue weighted by atomic mass is 16.5. The van der Waals surface area contributed by atoms with Gasteiger partial charge in [-0.05, 0) is 6.92 Å². The molecule has 0 spiro atoms. The van der Waals surface area contributed by atoms with Gasteiger partial charge in [-0.1, -0.05) is 6.92 Å². The second-order valence-corrected chi connectivity index (χ2v) is 4.44. The number of nitrogens with one attached hydrogen (secondary N) is 2. The molecule has 0 aliphatic carbocycles. The molecule has 2 N–H and O–H groups in total. The lowest BCUT2D eigenvalue weighted by molar-refractivity contribution is -0.131. The molecule has 1 saturated heterocycles. The molecule has 15 heavy (non-hydrogen) atoms. The molecule has 0 radical (unpaired) electrons. The molecule has 0 bridgehead atoms. The Hall–Kier alpha value is -1.10. The minimum Gasteiger partial charge on any atom is -0.380 e. The van der Waals surface area contributed by atoms with Crippen molar-refractivity contribution in [2.45, 2.75) is 26.8 Å². The van der Waals surface area contributed by atoms with Crippen molar-refractivity contribution in [1.29, 1.82) is 0 Å². The largest absolute Gasteiger partial charge is 0.380 e. The Labute approximate surface area is 89.6 Å². The molecule has 0 saturated carbocycles. The van der Waals surface area contributed by atoms with Crippen molar-refractivity contribution in [3.8, 4) is 0 Å². The quantitative estimate of drug-likeness (QED) is 0.673. The fourth-order valence-corrected chi connectivity index (χ4v) is 1.38. The Morgan fingerprint density at radius 2 is 2.07 bits per heavy atom. The van der Waals surface area contributed by atoms with Crippen molar-refractivity contribution in [3.05, 3.63) is 0 Å². The number of amides is 2. The summed E-state index contributed by atoms with van der Waals surface area (Å²) in [6.45, 7) is 7.07. The van der Waals surface area contributed by atoms with Gasteiger partial charge >= 0.3 is 0 Å². The van der Waals surface area contributed by atoms with Crippen LogP contribution in [-0.4, -0.2) is 37.6 Å². The summed E-state index contributed by atoms with van der Waals surface area (Å²) in [6.07, 6.45) is 0. The van der Waals surface area contributed by atoms with E-state index in [-0.39, 0.29) is 17.2 Å². The van der Waals surface area contributed by atoms with Crippen molar-refractivity contribution in [3.63, 3.8) is 0 Å². The van der Waals surface area contributed by atoms with E-state index in [0.29, 0.717) is 19.8 Å². The molecule has 0 aromatic carbocycles.